The molecule has 0 saturated carbocycles. The van der Waals surface area contributed by atoms with Gasteiger partial charge >= 0.3 is 11.6 Å². The summed E-state index contributed by atoms with van der Waals surface area (Å²) in [6, 6.07) is 4.66. The summed E-state index contributed by atoms with van der Waals surface area (Å²) in [4.78, 5) is 22.5. The van der Waals surface area contributed by atoms with E-state index in [9.17, 15) is 18.0 Å². The smallest absolute Gasteiger partial charge is 0.336 e. The first kappa shape index (κ1) is 14.0. The molecule has 1 atom stereocenters. The van der Waals surface area contributed by atoms with Crippen molar-refractivity contribution in [2.75, 3.05) is 5.73 Å². The summed E-state index contributed by atoms with van der Waals surface area (Å²) in [6.45, 7) is 0. The zero-order valence-corrected chi connectivity index (χ0v) is 10.6. The van der Waals surface area contributed by atoms with Crippen molar-refractivity contribution in [1.82, 2.24) is 0 Å². The first-order valence-corrected chi connectivity index (χ1v) is 6.73. The monoisotopic (exact) mass is 299 g/mol. The van der Waals surface area contributed by atoms with Gasteiger partial charge in [0.25, 0.3) is 10.1 Å². The van der Waals surface area contributed by atoms with E-state index in [-0.39, 0.29) is 22.2 Å². The van der Waals surface area contributed by atoms with E-state index in [1.54, 1.807) is 0 Å². The SMILES string of the molecule is Nc1ccc2c(C(C(=O)O)S(=O)(=O)O)cc(=O)oc2c1. The molecule has 2 rings (SSSR count). The molecule has 8 nitrogen and oxygen atoms in total. The van der Waals surface area contributed by atoms with E-state index in [0.717, 1.165) is 0 Å². The van der Waals surface area contributed by atoms with Gasteiger partial charge in [-0.3, -0.25) is 9.35 Å². The van der Waals surface area contributed by atoms with Crippen LogP contribution in [-0.4, -0.2) is 24.0 Å². The molecule has 106 valence electrons. The largest absolute Gasteiger partial charge is 0.480 e. The lowest BCUT2D eigenvalue weighted by molar-refractivity contribution is -0.136. The van der Waals surface area contributed by atoms with Gasteiger partial charge in [0.05, 0.1) is 0 Å². The molecule has 20 heavy (non-hydrogen) atoms. The van der Waals surface area contributed by atoms with Crippen LogP contribution in [0.5, 0.6) is 0 Å². The van der Waals surface area contributed by atoms with Gasteiger partial charge < -0.3 is 15.3 Å². The lowest BCUT2D eigenvalue weighted by atomic mass is 10.1. The third-order valence-corrected chi connectivity index (χ3v) is 3.66. The van der Waals surface area contributed by atoms with Crippen LogP contribution in [0, 0.1) is 0 Å². The lowest BCUT2D eigenvalue weighted by Crippen LogP contribution is -2.22. The minimum atomic E-state index is -4.95. The van der Waals surface area contributed by atoms with E-state index >= 15 is 0 Å². The van der Waals surface area contributed by atoms with Gasteiger partial charge in [0.1, 0.15) is 5.58 Å². The number of carbonyl (C=O) groups is 1. The fourth-order valence-electron chi connectivity index (χ4n) is 1.84. The Morgan fingerprint density at radius 2 is 1.95 bits per heavy atom. The highest BCUT2D eigenvalue weighted by Crippen LogP contribution is 2.29. The molecular weight excluding hydrogens is 290 g/mol. The molecule has 0 bridgehead atoms. The molecule has 0 aliphatic heterocycles. The number of benzene rings is 1. The number of aliphatic carboxylic acids is 1. The molecule has 1 unspecified atom stereocenters. The molecule has 0 saturated heterocycles. The van der Waals surface area contributed by atoms with Gasteiger partial charge in [-0.25, -0.2) is 4.79 Å². The molecule has 0 aliphatic rings. The summed E-state index contributed by atoms with van der Waals surface area (Å²) < 4.78 is 36.3. The second kappa shape index (κ2) is 4.62. The van der Waals surface area contributed by atoms with E-state index in [4.69, 9.17) is 19.8 Å². The van der Waals surface area contributed by atoms with Gasteiger partial charge in [-0.1, -0.05) is 0 Å². The zero-order valence-electron chi connectivity index (χ0n) is 9.81. The highest BCUT2D eigenvalue weighted by molar-refractivity contribution is 7.86. The van der Waals surface area contributed by atoms with Gasteiger partial charge in [0.15, 0.2) is 0 Å². The number of anilines is 1. The van der Waals surface area contributed by atoms with Crippen LogP contribution in [0.3, 0.4) is 0 Å². The first-order chi connectivity index (χ1) is 9.20. The third kappa shape index (κ3) is 2.49. The summed E-state index contributed by atoms with van der Waals surface area (Å²) in [5, 5.41) is 6.75. The molecule has 0 spiro atoms. The van der Waals surface area contributed by atoms with Gasteiger partial charge in [-0.15, -0.1) is 0 Å². The molecule has 1 aromatic carbocycles. The molecule has 1 aromatic heterocycles. The van der Waals surface area contributed by atoms with Crippen LogP contribution in [0.25, 0.3) is 11.0 Å². The number of carboxylic acid groups (broad SMARTS) is 1. The van der Waals surface area contributed by atoms with E-state index in [0.29, 0.717) is 6.07 Å². The maximum absolute atomic E-state index is 11.4. The number of carboxylic acids is 1. The topological polar surface area (TPSA) is 148 Å². The van der Waals surface area contributed by atoms with Gasteiger partial charge in [0.2, 0.25) is 5.25 Å². The Morgan fingerprint density at radius 3 is 2.50 bits per heavy atom. The van der Waals surface area contributed by atoms with Crippen LogP contribution in [0.4, 0.5) is 5.69 Å². The standard InChI is InChI=1S/C11H9NO7S/c12-5-1-2-6-7(4-9(13)19-8(6)3-5)10(11(14)15)20(16,17)18/h1-4,10H,12H2,(H,14,15)(H,16,17,18). The maximum atomic E-state index is 11.4. The summed E-state index contributed by atoms with van der Waals surface area (Å²) >= 11 is 0. The number of hydrogen-bond donors (Lipinski definition) is 3. The van der Waals surface area contributed by atoms with Crippen molar-refractivity contribution in [2.24, 2.45) is 0 Å². The molecule has 2 aromatic rings. The number of rotatable bonds is 3. The number of hydrogen-bond acceptors (Lipinski definition) is 6. The minimum absolute atomic E-state index is 0.0591. The first-order valence-electron chi connectivity index (χ1n) is 5.22. The second-order valence-corrected chi connectivity index (χ2v) is 5.51. The quantitative estimate of drug-likeness (QED) is 0.418. The van der Waals surface area contributed by atoms with Gasteiger partial charge in [-0.05, 0) is 12.1 Å². The second-order valence-electron chi connectivity index (χ2n) is 4.01. The van der Waals surface area contributed by atoms with Crippen molar-refractivity contribution in [3.05, 3.63) is 40.2 Å². The van der Waals surface area contributed by atoms with Crippen molar-refractivity contribution in [1.29, 1.82) is 0 Å². The highest BCUT2D eigenvalue weighted by atomic mass is 32.2. The van der Waals surface area contributed by atoms with Crippen molar-refractivity contribution >= 4 is 32.7 Å². The van der Waals surface area contributed by atoms with Crippen molar-refractivity contribution < 1.29 is 27.3 Å². The average molecular weight is 299 g/mol. The Labute approximate surface area is 112 Å². The van der Waals surface area contributed by atoms with E-state index in [1.807, 2.05) is 0 Å². The molecule has 4 N–H and O–H groups in total. The van der Waals surface area contributed by atoms with Crippen LogP contribution in [0.2, 0.25) is 0 Å². The van der Waals surface area contributed by atoms with Crippen LogP contribution in [-0.2, 0) is 14.9 Å². The molecule has 1 heterocycles. The highest BCUT2D eigenvalue weighted by Gasteiger charge is 2.34. The van der Waals surface area contributed by atoms with E-state index < -0.39 is 27.0 Å². The summed E-state index contributed by atoms with van der Waals surface area (Å²) in [6.07, 6.45) is 0. The Kier molecular flexibility index (Phi) is 3.24. The minimum Gasteiger partial charge on any atom is -0.480 e. The predicted molar refractivity (Wildman–Crippen MR) is 68.8 cm³/mol. The Morgan fingerprint density at radius 1 is 1.30 bits per heavy atom. The van der Waals surface area contributed by atoms with Crippen molar-refractivity contribution in [3.8, 4) is 0 Å². The van der Waals surface area contributed by atoms with Crippen molar-refractivity contribution in [2.45, 2.75) is 5.25 Å². The fourth-order valence-corrected chi connectivity index (χ4v) is 2.61. The predicted octanol–water partition coefficient (Wildman–Crippen LogP) is 0.389. The number of nitrogens with two attached hydrogens (primary N) is 1. The Bertz CT molecular complexity index is 853. The maximum Gasteiger partial charge on any atom is 0.336 e. The molecule has 0 amide bonds. The summed E-state index contributed by atoms with van der Waals surface area (Å²) in [7, 11) is -4.95. The molecule has 9 heteroatoms. The summed E-state index contributed by atoms with van der Waals surface area (Å²) in [5.74, 6) is -1.81. The lowest BCUT2D eigenvalue weighted by Gasteiger charge is -2.11. The van der Waals surface area contributed by atoms with Crippen LogP contribution < -0.4 is 11.4 Å². The van der Waals surface area contributed by atoms with Crippen LogP contribution in [0.1, 0.15) is 10.8 Å². The fraction of sp³-hybridized carbons (Fsp3) is 0.0909. The van der Waals surface area contributed by atoms with Crippen molar-refractivity contribution in [3.63, 3.8) is 0 Å². The zero-order chi connectivity index (χ0) is 15.1. The summed E-state index contributed by atoms with van der Waals surface area (Å²) in [5.41, 5.74) is 4.35. The van der Waals surface area contributed by atoms with E-state index in [2.05, 4.69) is 0 Å². The van der Waals surface area contributed by atoms with Crippen LogP contribution >= 0.6 is 0 Å². The molecular formula is C11H9NO7S. The molecule has 0 radical (unpaired) electrons. The third-order valence-electron chi connectivity index (χ3n) is 2.61. The number of nitrogen functional groups attached to an aromatic ring is 1. The normalized spacial score (nSPS) is 13.2. The molecule has 0 fully saturated rings. The number of fused-ring (bicyclic) bond motifs is 1. The molecule has 0 aliphatic carbocycles. The van der Waals surface area contributed by atoms with Crippen LogP contribution in [0.15, 0.2) is 33.5 Å². The Hall–Kier alpha value is -2.39. The van der Waals surface area contributed by atoms with E-state index in [1.165, 1.54) is 18.2 Å². The van der Waals surface area contributed by atoms with Gasteiger partial charge in [0, 0.05) is 28.8 Å². The van der Waals surface area contributed by atoms with Gasteiger partial charge in [-0.2, -0.15) is 8.42 Å². The Balaban J connectivity index is 2.89. The average Bonchev–Trinajstić information content (AvgIpc) is 2.25.